The SMILES string of the molecule is COc1cc(N2CCC(N3CCN(C(=O)CCOCCOCCC(N)=O)CC3)CC2)ccc1Nc1ncnc(Nc2ccccc2S(=O)(=O)C(C)C)n1. The van der Waals surface area contributed by atoms with Crippen LogP contribution in [-0.4, -0.2) is 129 Å². The normalized spacial score (nSPS) is 15.8. The number of rotatable bonds is 18. The van der Waals surface area contributed by atoms with Gasteiger partial charge in [-0.15, -0.1) is 0 Å². The molecule has 2 aliphatic rings. The zero-order valence-corrected chi connectivity index (χ0v) is 31.5. The maximum atomic E-state index is 12.9. The Bertz CT molecular complexity index is 1780. The van der Waals surface area contributed by atoms with Gasteiger partial charge in [0.2, 0.25) is 23.7 Å². The molecule has 288 valence electrons. The monoisotopic (exact) mass is 753 g/mol. The Balaban J connectivity index is 1.07. The minimum absolute atomic E-state index is 0.106. The van der Waals surface area contributed by atoms with Gasteiger partial charge in [-0.3, -0.25) is 14.5 Å². The topological polar surface area (TPSA) is 194 Å². The largest absolute Gasteiger partial charge is 0.494 e. The van der Waals surface area contributed by atoms with E-state index in [2.05, 4.69) is 35.4 Å². The molecule has 0 unspecified atom stereocenters. The third kappa shape index (κ3) is 11.0. The first-order valence-corrected chi connectivity index (χ1v) is 19.5. The lowest BCUT2D eigenvalue weighted by Gasteiger charge is -2.43. The molecule has 4 N–H and O–H groups in total. The van der Waals surface area contributed by atoms with Crippen molar-refractivity contribution >= 4 is 50.6 Å². The van der Waals surface area contributed by atoms with E-state index >= 15 is 0 Å². The Labute approximate surface area is 311 Å². The van der Waals surface area contributed by atoms with E-state index in [9.17, 15) is 18.0 Å². The predicted molar refractivity (Wildman–Crippen MR) is 202 cm³/mol. The van der Waals surface area contributed by atoms with Crippen LogP contribution < -0.4 is 26.0 Å². The number of piperazine rings is 1. The molecule has 2 saturated heterocycles. The number of aromatic nitrogens is 3. The molecule has 0 atom stereocenters. The van der Waals surface area contributed by atoms with Crippen LogP contribution in [0, 0.1) is 0 Å². The molecule has 17 heteroatoms. The summed E-state index contributed by atoms with van der Waals surface area (Å²) in [6, 6.07) is 13.1. The lowest BCUT2D eigenvalue weighted by atomic mass is 10.0. The van der Waals surface area contributed by atoms with Crippen LogP contribution in [0.3, 0.4) is 0 Å². The van der Waals surface area contributed by atoms with Gasteiger partial charge in [0.25, 0.3) is 0 Å². The van der Waals surface area contributed by atoms with Gasteiger partial charge in [0.05, 0.1) is 61.5 Å². The van der Waals surface area contributed by atoms with Gasteiger partial charge in [0.15, 0.2) is 9.84 Å². The molecule has 5 rings (SSSR count). The number of ether oxygens (including phenoxy) is 3. The second-order valence-corrected chi connectivity index (χ2v) is 15.7. The van der Waals surface area contributed by atoms with E-state index in [0.29, 0.717) is 62.5 Å². The number of para-hydroxylation sites is 1. The second kappa shape index (κ2) is 19.0. The van der Waals surface area contributed by atoms with Crippen LogP contribution in [0.2, 0.25) is 0 Å². The molecule has 16 nitrogen and oxygen atoms in total. The first-order chi connectivity index (χ1) is 25.5. The van der Waals surface area contributed by atoms with Crippen molar-refractivity contribution in [1.29, 1.82) is 0 Å². The number of benzene rings is 2. The van der Waals surface area contributed by atoms with Crippen molar-refractivity contribution in [2.45, 2.75) is 55.7 Å². The number of methoxy groups -OCH3 is 1. The maximum Gasteiger partial charge on any atom is 0.232 e. The number of primary amides is 1. The lowest BCUT2D eigenvalue weighted by Crippen LogP contribution is -2.54. The highest BCUT2D eigenvalue weighted by molar-refractivity contribution is 7.92. The predicted octanol–water partition coefficient (Wildman–Crippen LogP) is 2.96. The number of sulfone groups is 1. The number of piperidine rings is 1. The summed E-state index contributed by atoms with van der Waals surface area (Å²) in [6.45, 7) is 9.61. The van der Waals surface area contributed by atoms with Crippen molar-refractivity contribution < 1.29 is 32.2 Å². The number of nitrogens with zero attached hydrogens (tertiary/aromatic N) is 6. The molecule has 2 amide bonds. The second-order valence-electron chi connectivity index (χ2n) is 13.2. The molecule has 53 heavy (non-hydrogen) atoms. The lowest BCUT2D eigenvalue weighted by molar-refractivity contribution is -0.134. The maximum absolute atomic E-state index is 12.9. The zero-order chi connectivity index (χ0) is 37.8. The van der Waals surface area contributed by atoms with Crippen LogP contribution >= 0.6 is 0 Å². The quantitative estimate of drug-likeness (QED) is 0.161. The fourth-order valence-electron chi connectivity index (χ4n) is 6.35. The smallest absolute Gasteiger partial charge is 0.232 e. The molecule has 1 aromatic heterocycles. The fourth-order valence-corrected chi connectivity index (χ4v) is 7.55. The van der Waals surface area contributed by atoms with Gasteiger partial charge in [-0.05, 0) is 51.0 Å². The van der Waals surface area contributed by atoms with E-state index in [4.69, 9.17) is 19.9 Å². The molecule has 2 aliphatic heterocycles. The highest BCUT2D eigenvalue weighted by atomic mass is 32.2. The summed E-state index contributed by atoms with van der Waals surface area (Å²) in [4.78, 5) is 43.3. The highest BCUT2D eigenvalue weighted by Gasteiger charge is 2.29. The number of nitrogens with two attached hydrogens (primary N) is 1. The standard InChI is InChI=1S/C36H51N9O7S/c1-26(2)53(48,49)32-7-5-4-6-30(32)41-36-39-25-38-35(42-36)40-29-9-8-28(24-31(29)50-3)43-14-10-27(11-15-43)44-16-18-45(19-17-44)34(47)13-21-52-23-22-51-20-12-33(37)46/h4-9,24-27H,10-23H2,1-3H3,(H2,37,46)(H2,38,39,40,41,42). The Morgan fingerprint density at radius 2 is 1.51 bits per heavy atom. The molecule has 0 aliphatic carbocycles. The van der Waals surface area contributed by atoms with Crippen molar-refractivity contribution in [2.75, 3.05) is 88.3 Å². The van der Waals surface area contributed by atoms with Crippen molar-refractivity contribution in [3.05, 3.63) is 48.8 Å². The molecule has 2 fully saturated rings. The Morgan fingerprint density at radius 3 is 2.15 bits per heavy atom. The average Bonchev–Trinajstić information content (AvgIpc) is 3.16. The number of nitrogens with one attached hydrogen (secondary N) is 2. The summed E-state index contributed by atoms with van der Waals surface area (Å²) in [6.07, 6.45) is 3.93. The van der Waals surface area contributed by atoms with E-state index in [1.807, 2.05) is 23.1 Å². The van der Waals surface area contributed by atoms with Gasteiger partial charge in [-0.1, -0.05) is 12.1 Å². The minimum Gasteiger partial charge on any atom is -0.494 e. The molecular weight excluding hydrogens is 703 g/mol. The number of hydrogen-bond acceptors (Lipinski definition) is 14. The summed E-state index contributed by atoms with van der Waals surface area (Å²) in [5, 5.41) is 5.66. The van der Waals surface area contributed by atoms with E-state index in [0.717, 1.165) is 44.7 Å². The van der Waals surface area contributed by atoms with Crippen LogP contribution in [0.25, 0.3) is 0 Å². The highest BCUT2D eigenvalue weighted by Crippen LogP contribution is 2.33. The van der Waals surface area contributed by atoms with Gasteiger partial charge in [-0.25, -0.2) is 18.4 Å². The van der Waals surface area contributed by atoms with Crippen LogP contribution in [0.4, 0.5) is 29.0 Å². The van der Waals surface area contributed by atoms with E-state index in [1.54, 1.807) is 45.2 Å². The van der Waals surface area contributed by atoms with Crippen LogP contribution in [0.1, 0.15) is 39.5 Å². The van der Waals surface area contributed by atoms with Gasteiger partial charge in [0.1, 0.15) is 12.1 Å². The van der Waals surface area contributed by atoms with Gasteiger partial charge in [-0.2, -0.15) is 4.98 Å². The third-order valence-electron chi connectivity index (χ3n) is 9.40. The number of carbonyl (C=O) groups excluding carboxylic acids is 2. The average molecular weight is 754 g/mol. The number of anilines is 5. The van der Waals surface area contributed by atoms with E-state index in [-0.39, 0.29) is 35.7 Å². The number of hydrogen-bond donors (Lipinski definition) is 3. The minimum atomic E-state index is -3.53. The summed E-state index contributed by atoms with van der Waals surface area (Å²) in [7, 11) is -1.91. The Kier molecular flexibility index (Phi) is 14.2. The van der Waals surface area contributed by atoms with Crippen LogP contribution in [-0.2, 0) is 28.9 Å². The van der Waals surface area contributed by atoms with Crippen molar-refractivity contribution in [3.8, 4) is 5.75 Å². The fraction of sp³-hybridized carbons (Fsp3) is 0.528. The molecule has 2 aromatic carbocycles. The third-order valence-corrected chi connectivity index (χ3v) is 11.6. The first-order valence-electron chi connectivity index (χ1n) is 18.0. The summed E-state index contributed by atoms with van der Waals surface area (Å²) in [5.74, 6) is 0.812. The Hall–Kier alpha value is -4.58. The molecule has 3 aromatic rings. The van der Waals surface area contributed by atoms with Gasteiger partial charge < -0.3 is 40.4 Å². The molecule has 0 bridgehead atoms. The number of amides is 2. The zero-order valence-electron chi connectivity index (χ0n) is 30.7. The number of carbonyl (C=O) groups is 2. The van der Waals surface area contributed by atoms with Crippen molar-refractivity contribution in [3.63, 3.8) is 0 Å². The van der Waals surface area contributed by atoms with Crippen molar-refractivity contribution in [2.24, 2.45) is 5.73 Å². The molecule has 0 radical (unpaired) electrons. The Morgan fingerprint density at radius 1 is 0.868 bits per heavy atom. The summed E-state index contributed by atoms with van der Waals surface area (Å²) < 4.78 is 42.3. The van der Waals surface area contributed by atoms with Crippen LogP contribution in [0.5, 0.6) is 5.75 Å². The first kappa shape index (κ1) is 39.6. The molecular formula is C36H51N9O7S. The summed E-state index contributed by atoms with van der Waals surface area (Å²) >= 11 is 0. The summed E-state index contributed by atoms with van der Waals surface area (Å²) in [5.41, 5.74) is 7.20. The van der Waals surface area contributed by atoms with E-state index < -0.39 is 21.0 Å². The van der Waals surface area contributed by atoms with E-state index in [1.165, 1.54) is 6.33 Å². The molecule has 3 heterocycles. The van der Waals surface area contributed by atoms with Crippen LogP contribution in [0.15, 0.2) is 53.7 Å². The molecule has 0 spiro atoms. The molecule has 0 saturated carbocycles. The van der Waals surface area contributed by atoms with Gasteiger partial charge in [0, 0.05) is 63.5 Å². The van der Waals surface area contributed by atoms with Crippen molar-refractivity contribution in [1.82, 2.24) is 24.8 Å². The van der Waals surface area contributed by atoms with Gasteiger partial charge >= 0.3 is 0 Å².